The summed E-state index contributed by atoms with van der Waals surface area (Å²) in [5.41, 5.74) is 0.831. The summed E-state index contributed by atoms with van der Waals surface area (Å²) >= 11 is 0. The summed E-state index contributed by atoms with van der Waals surface area (Å²) in [6.45, 7) is 1.14. The second-order valence-electron chi connectivity index (χ2n) is 6.26. The normalized spacial score (nSPS) is 15.4. The van der Waals surface area contributed by atoms with Crippen LogP contribution < -0.4 is 10.1 Å². The van der Waals surface area contributed by atoms with Crippen LogP contribution in [-0.2, 0) is 19.6 Å². The van der Waals surface area contributed by atoms with Crippen molar-refractivity contribution in [2.24, 2.45) is 0 Å². The summed E-state index contributed by atoms with van der Waals surface area (Å²) in [5, 5.41) is 2.61. The van der Waals surface area contributed by atoms with Crippen molar-refractivity contribution in [1.82, 2.24) is 4.31 Å². The number of amides is 1. The fraction of sp³-hybridized carbons (Fsp3) is 0.250. The maximum Gasteiger partial charge on any atom is 0.248 e. The van der Waals surface area contributed by atoms with Gasteiger partial charge in [-0.15, -0.1) is 0 Å². The Kier molecular flexibility index (Phi) is 6.63. The Balaban J connectivity index is 1.80. The summed E-state index contributed by atoms with van der Waals surface area (Å²) in [6, 6.07) is 10.2. The average Bonchev–Trinajstić information content (AvgIpc) is 2.73. The molecule has 0 aliphatic carbocycles. The smallest absolute Gasteiger partial charge is 0.248 e. The molecule has 1 heterocycles. The van der Waals surface area contributed by atoms with Gasteiger partial charge in [-0.3, -0.25) is 4.79 Å². The van der Waals surface area contributed by atoms with Gasteiger partial charge in [0.25, 0.3) is 0 Å². The zero-order chi connectivity index (χ0) is 20.9. The Hall–Kier alpha value is -2.75. The van der Waals surface area contributed by atoms with Crippen molar-refractivity contribution >= 4 is 27.7 Å². The first-order chi connectivity index (χ1) is 13.9. The van der Waals surface area contributed by atoms with E-state index in [0.717, 1.165) is 0 Å². The number of ether oxygens (including phenoxy) is 2. The molecule has 7 nitrogen and oxygen atoms in total. The Morgan fingerprint density at radius 1 is 1.21 bits per heavy atom. The van der Waals surface area contributed by atoms with E-state index in [4.69, 9.17) is 9.47 Å². The number of morpholine rings is 1. The predicted molar refractivity (Wildman–Crippen MR) is 107 cm³/mol. The van der Waals surface area contributed by atoms with Crippen LogP contribution >= 0.6 is 0 Å². The SMILES string of the molecule is COc1ccc(NC(=O)/C=C/c2cccc(F)c2)cc1S(=O)(=O)N1CCOCC1. The summed E-state index contributed by atoms with van der Waals surface area (Å²) in [4.78, 5) is 12.2. The number of carbonyl (C=O) groups excluding carboxylic acids is 1. The molecule has 1 aliphatic rings. The minimum Gasteiger partial charge on any atom is -0.495 e. The van der Waals surface area contributed by atoms with Gasteiger partial charge in [0, 0.05) is 24.9 Å². The molecule has 1 aliphatic heterocycles. The molecule has 9 heteroatoms. The minimum absolute atomic E-state index is 0.0335. The zero-order valence-corrected chi connectivity index (χ0v) is 16.6. The number of nitrogens with one attached hydrogen (secondary N) is 1. The Bertz CT molecular complexity index is 1020. The van der Waals surface area contributed by atoms with E-state index in [1.165, 1.54) is 47.8 Å². The van der Waals surface area contributed by atoms with E-state index in [0.29, 0.717) is 24.5 Å². The van der Waals surface area contributed by atoms with E-state index in [9.17, 15) is 17.6 Å². The fourth-order valence-corrected chi connectivity index (χ4v) is 4.44. The summed E-state index contributed by atoms with van der Waals surface area (Å²) in [7, 11) is -2.42. The van der Waals surface area contributed by atoms with Crippen molar-refractivity contribution < 1.29 is 27.1 Å². The van der Waals surface area contributed by atoms with E-state index in [-0.39, 0.29) is 23.7 Å². The largest absolute Gasteiger partial charge is 0.495 e. The molecule has 29 heavy (non-hydrogen) atoms. The number of halogens is 1. The first-order valence-corrected chi connectivity index (χ1v) is 10.3. The number of hydrogen-bond acceptors (Lipinski definition) is 5. The van der Waals surface area contributed by atoms with Gasteiger partial charge in [-0.1, -0.05) is 12.1 Å². The van der Waals surface area contributed by atoms with Crippen molar-refractivity contribution in [3.05, 3.63) is 59.9 Å². The van der Waals surface area contributed by atoms with Gasteiger partial charge in [-0.25, -0.2) is 12.8 Å². The van der Waals surface area contributed by atoms with Gasteiger partial charge >= 0.3 is 0 Å². The van der Waals surface area contributed by atoms with Crippen LogP contribution in [0.2, 0.25) is 0 Å². The number of benzene rings is 2. The molecule has 1 fully saturated rings. The Morgan fingerprint density at radius 2 is 1.97 bits per heavy atom. The van der Waals surface area contributed by atoms with E-state index in [2.05, 4.69) is 5.32 Å². The van der Waals surface area contributed by atoms with Crippen LogP contribution in [0.5, 0.6) is 5.75 Å². The third kappa shape index (κ3) is 5.20. The van der Waals surface area contributed by atoms with Gasteiger partial charge in [0.05, 0.1) is 20.3 Å². The Morgan fingerprint density at radius 3 is 2.66 bits per heavy atom. The quantitative estimate of drug-likeness (QED) is 0.726. The van der Waals surface area contributed by atoms with Gasteiger partial charge < -0.3 is 14.8 Å². The monoisotopic (exact) mass is 420 g/mol. The lowest BCUT2D eigenvalue weighted by atomic mass is 10.2. The van der Waals surface area contributed by atoms with E-state index in [1.807, 2.05) is 0 Å². The first-order valence-electron chi connectivity index (χ1n) is 8.91. The number of sulfonamides is 1. The summed E-state index contributed by atoms with van der Waals surface area (Å²) in [5.74, 6) is -0.695. The molecule has 0 atom stereocenters. The maximum absolute atomic E-state index is 13.2. The number of nitrogens with zero attached hydrogens (tertiary/aromatic N) is 1. The number of anilines is 1. The highest BCUT2D eigenvalue weighted by Crippen LogP contribution is 2.30. The molecule has 2 aromatic rings. The van der Waals surface area contributed by atoms with Gasteiger partial charge in [-0.2, -0.15) is 4.31 Å². The fourth-order valence-electron chi connectivity index (χ4n) is 2.85. The van der Waals surface area contributed by atoms with Crippen molar-refractivity contribution in [1.29, 1.82) is 0 Å². The van der Waals surface area contributed by atoms with Crippen LogP contribution in [-0.4, -0.2) is 52.0 Å². The summed E-state index contributed by atoms with van der Waals surface area (Å²) in [6.07, 6.45) is 2.71. The zero-order valence-electron chi connectivity index (χ0n) is 15.8. The van der Waals surface area contributed by atoms with Crippen molar-refractivity contribution in [2.75, 3.05) is 38.7 Å². The van der Waals surface area contributed by atoms with Crippen molar-refractivity contribution in [3.63, 3.8) is 0 Å². The van der Waals surface area contributed by atoms with E-state index in [1.54, 1.807) is 18.2 Å². The third-order valence-corrected chi connectivity index (χ3v) is 6.21. The average molecular weight is 420 g/mol. The highest BCUT2D eigenvalue weighted by molar-refractivity contribution is 7.89. The highest BCUT2D eigenvalue weighted by atomic mass is 32.2. The molecule has 1 amide bonds. The van der Waals surface area contributed by atoms with Gasteiger partial charge in [0.2, 0.25) is 15.9 Å². The minimum atomic E-state index is -3.81. The van der Waals surface area contributed by atoms with Crippen molar-refractivity contribution in [3.8, 4) is 5.75 Å². The summed E-state index contributed by atoms with van der Waals surface area (Å²) < 4.78 is 50.9. The molecule has 154 valence electrons. The molecule has 3 rings (SSSR count). The molecular weight excluding hydrogens is 399 g/mol. The molecule has 1 N–H and O–H groups in total. The number of carbonyl (C=O) groups is 1. The van der Waals surface area contributed by atoms with E-state index >= 15 is 0 Å². The first kappa shape index (κ1) is 21.0. The molecule has 0 spiro atoms. The van der Waals surface area contributed by atoms with Crippen LogP contribution in [0.15, 0.2) is 53.4 Å². The maximum atomic E-state index is 13.2. The number of methoxy groups -OCH3 is 1. The third-order valence-electron chi connectivity index (χ3n) is 4.29. The van der Waals surface area contributed by atoms with Gasteiger partial charge in [0.1, 0.15) is 16.5 Å². The van der Waals surface area contributed by atoms with Crippen LogP contribution in [0.1, 0.15) is 5.56 Å². The lowest BCUT2D eigenvalue weighted by Crippen LogP contribution is -2.40. The molecule has 0 bridgehead atoms. The topological polar surface area (TPSA) is 84.9 Å². The van der Waals surface area contributed by atoms with E-state index < -0.39 is 21.7 Å². The molecular formula is C20H21FN2O5S. The van der Waals surface area contributed by atoms with Crippen LogP contribution in [0.3, 0.4) is 0 Å². The second kappa shape index (κ2) is 9.17. The molecule has 0 unspecified atom stereocenters. The van der Waals surface area contributed by atoms with Gasteiger partial charge in [-0.05, 0) is 42.0 Å². The molecule has 0 aromatic heterocycles. The molecule has 1 saturated heterocycles. The molecule has 2 aromatic carbocycles. The van der Waals surface area contributed by atoms with Crippen molar-refractivity contribution in [2.45, 2.75) is 4.90 Å². The van der Waals surface area contributed by atoms with Crippen LogP contribution in [0.25, 0.3) is 6.08 Å². The highest BCUT2D eigenvalue weighted by Gasteiger charge is 2.29. The predicted octanol–water partition coefficient (Wildman–Crippen LogP) is 2.51. The van der Waals surface area contributed by atoms with Crippen LogP contribution in [0.4, 0.5) is 10.1 Å². The molecule has 0 saturated carbocycles. The Labute approximate surface area is 168 Å². The molecule has 0 radical (unpaired) electrons. The number of rotatable bonds is 6. The van der Waals surface area contributed by atoms with Crippen LogP contribution in [0, 0.1) is 5.82 Å². The van der Waals surface area contributed by atoms with Gasteiger partial charge in [0.15, 0.2) is 0 Å². The lowest BCUT2D eigenvalue weighted by Gasteiger charge is -2.26. The second-order valence-corrected chi connectivity index (χ2v) is 8.17. The standard InChI is InChI=1S/C20H21FN2O5S/c1-27-18-7-6-17(14-19(18)29(25,26)23-9-11-28-12-10-23)22-20(24)8-5-15-3-2-4-16(21)13-15/h2-8,13-14H,9-12H2,1H3,(H,22,24)/b8-5+. The number of hydrogen-bond donors (Lipinski definition) is 1. The lowest BCUT2D eigenvalue weighted by molar-refractivity contribution is -0.111.